The largest absolute Gasteiger partial charge is 0.461 e. The Hall–Kier alpha value is -2.41. The molecule has 0 bridgehead atoms. The van der Waals surface area contributed by atoms with Gasteiger partial charge in [-0.1, -0.05) is 18.2 Å². The van der Waals surface area contributed by atoms with Crippen LogP contribution in [0.5, 0.6) is 0 Å². The fourth-order valence-corrected chi connectivity index (χ4v) is 3.05. The van der Waals surface area contributed by atoms with Crippen LogP contribution in [0.4, 0.5) is 0 Å². The number of benzene rings is 1. The average molecular weight is 344 g/mol. The molecule has 7 heteroatoms. The van der Waals surface area contributed by atoms with Crippen molar-refractivity contribution in [3.8, 4) is 5.69 Å². The van der Waals surface area contributed by atoms with Crippen LogP contribution in [0.3, 0.4) is 0 Å². The van der Waals surface area contributed by atoms with Gasteiger partial charge < -0.3 is 15.0 Å². The number of carbonyl (C=O) groups excluding carboxylic acids is 1. The van der Waals surface area contributed by atoms with Crippen LogP contribution in [0.25, 0.3) is 5.69 Å². The van der Waals surface area contributed by atoms with Gasteiger partial charge in [-0.25, -0.2) is 9.48 Å². The molecule has 1 aliphatic rings. The summed E-state index contributed by atoms with van der Waals surface area (Å²) in [5.74, 6) is -0.388. The van der Waals surface area contributed by atoms with E-state index in [1.807, 2.05) is 39.9 Å². The van der Waals surface area contributed by atoms with Gasteiger partial charge in [0.1, 0.15) is 0 Å². The van der Waals surface area contributed by atoms with Crippen LogP contribution >= 0.6 is 12.2 Å². The second-order valence-electron chi connectivity index (χ2n) is 5.47. The summed E-state index contributed by atoms with van der Waals surface area (Å²) in [6.07, 6.45) is 0.762. The Morgan fingerprint density at radius 2 is 2.12 bits per heavy atom. The fourth-order valence-electron chi connectivity index (χ4n) is 2.90. The molecule has 1 N–H and O–H groups in total. The van der Waals surface area contributed by atoms with E-state index in [1.54, 1.807) is 14.0 Å². The highest BCUT2D eigenvalue weighted by Gasteiger charge is 2.30. The maximum atomic E-state index is 12.3. The van der Waals surface area contributed by atoms with Crippen LogP contribution in [0.15, 0.2) is 30.3 Å². The molecule has 2 aromatic rings. The summed E-state index contributed by atoms with van der Waals surface area (Å²) in [6, 6.07) is 9.83. The first-order chi connectivity index (χ1) is 11.7. The second kappa shape index (κ2) is 7.00. The molecule has 24 heavy (non-hydrogen) atoms. The Morgan fingerprint density at radius 3 is 2.79 bits per heavy atom. The van der Waals surface area contributed by atoms with Crippen LogP contribution in [-0.4, -0.2) is 46.0 Å². The van der Waals surface area contributed by atoms with Gasteiger partial charge in [-0.15, -0.1) is 0 Å². The number of para-hydroxylation sites is 1. The first kappa shape index (κ1) is 16.4. The number of rotatable bonds is 3. The van der Waals surface area contributed by atoms with Crippen molar-refractivity contribution in [3.63, 3.8) is 0 Å². The fraction of sp³-hybridized carbons (Fsp3) is 0.353. The zero-order valence-electron chi connectivity index (χ0n) is 13.8. The van der Waals surface area contributed by atoms with Crippen LogP contribution in [-0.2, 0) is 17.7 Å². The topological polar surface area (TPSA) is 59.4 Å². The normalized spacial score (nSPS) is 13.3. The smallest absolute Gasteiger partial charge is 0.359 e. The Bertz CT molecular complexity index is 757. The zero-order chi connectivity index (χ0) is 17.1. The summed E-state index contributed by atoms with van der Waals surface area (Å²) >= 11 is 5.34. The number of nitrogens with one attached hydrogen (secondary N) is 1. The van der Waals surface area contributed by atoms with Gasteiger partial charge in [0, 0.05) is 32.1 Å². The standard InChI is InChI=1S/C17H20N4O2S/c1-3-23-16(22)15-13-11-20(17(24)18-2)10-9-14(13)21(19-15)12-7-5-4-6-8-12/h4-8H,3,9-11H2,1-2H3,(H,18,24). The minimum atomic E-state index is -0.388. The third-order valence-corrected chi connectivity index (χ3v) is 4.49. The predicted octanol–water partition coefficient (Wildman–Crippen LogP) is 1.91. The molecule has 0 spiro atoms. The Labute approximate surface area is 146 Å². The molecule has 1 aliphatic heterocycles. The molecule has 126 valence electrons. The summed E-state index contributed by atoms with van der Waals surface area (Å²) in [5, 5.41) is 8.21. The molecule has 6 nitrogen and oxygen atoms in total. The van der Waals surface area contributed by atoms with Crippen LogP contribution in [0, 0.1) is 0 Å². The molecule has 0 amide bonds. The lowest BCUT2D eigenvalue weighted by Gasteiger charge is -2.29. The maximum absolute atomic E-state index is 12.3. The first-order valence-corrected chi connectivity index (χ1v) is 8.36. The Kier molecular flexibility index (Phi) is 4.80. The van der Waals surface area contributed by atoms with Crippen molar-refractivity contribution in [1.29, 1.82) is 0 Å². The van der Waals surface area contributed by atoms with Gasteiger partial charge in [0.2, 0.25) is 0 Å². The first-order valence-electron chi connectivity index (χ1n) is 7.95. The van der Waals surface area contributed by atoms with E-state index in [4.69, 9.17) is 17.0 Å². The summed E-state index contributed by atoms with van der Waals surface area (Å²) in [4.78, 5) is 14.4. The minimum absolute atomic E-state index is 0.324. The molecular weight excluding hydrogens is 324 g/mol. The monoisotopic (exact) mass is 344 g/mol. The number of carbonyl (C=O) groups is 1. The average Bonchev–Trinajstić information content (AvgIpc) is 3.01. The third-order valence-electron chi connectivity index (χ3n) is 4.03. The van der Waals surface area contributed by atoms with Crippen molar-refractivity contribution < 1.29 is 9.53 Å². The lowest BCUT2D eigenvalue weighted by Crippen LogP contribution is -2.41. The lowest BCUT2D eigenvalue weighted by molar-refractivity contribution is 0.0517. The number of ether oxygens (including phenoxy) is 1. The van der Waals surface area contributed by atoms with Gasteiger partial charge in [-0.2, -0.15) is 5.10 Å². The molecule has 2 heterocycles. The molecule has 1 aromatic carbocycles. The Morgan fingerprint density at radius 1 is 1.38 bits per heavy atom. The van der Waals surface area contributed by atoms with Crippen molar-refractivity contribution in [1.82, 2.24) is 20.0 Å². The third kappa shape index (κ3) is 2.99. The van der Waals surface area contributed by atoms with E-state index in [9.17, 15) is 4.79 Å². The van der Waals surface area contributed by atoms with E-state index >= 15 is 0 Å². The number of hydrogen-bond acceptors (Lipinski definition) is 4. The molecule has 0 aliphatic carbocycles. The van der Waals surface area contributed by atoms with Crippen LogP contribution in [0.2, 0.25) is 0 Å². The summed E-state index contributed by atoms with van der Waals surface area (Å²) in [5.41, 5.74) is 3.24. The van der Waals surface area contributed by atoms with Crippen molar-refractivity contribution in [3.05, 3.63) is 47.3 Å². The van der Waals surface area contributed by atoms with Crippen LogP contribution in [0.1, 0.15) is 28.7 Å². The number of thiocarbonyl (C=S) groups is 1. The summed E-state index contributed by atoms with van der Waals surface area (Å²) in [6.45, 7) is 3.45. The van der Waals surface area contributed by atoms with Crippen LogP contribution < -0.4 is 5.32 Å². The summed E-state index contributed by atoms with van der Waals surface area (Å²) in [7, 11) is 1.80. The number of esters is 1. The number of nitrogens with zero attached hydrogens (tertiary/aromatic N) is 3. The molecule has 0 radical (unpaired) electrons. The minimum Gasteiger partial charge on any atom is -0.461 e. The van der Waals surface area contributed by atoms with Crippen molar-refractivity contribution >= 4 is 23.3 Å². The van der Waals surface area contributed by atoms with Crippen molar-refractivity contribution in [2.45, 2.75) is 19.9 Å². The molecule has 0 saturated heterocycles. The maximum Gasteiger partial charge on any atom is 0.359 e. The SMILES string of the molecule is CCOC(=O)c1nn(-c2ccccc2)c2c1CN(C(=S)NC)CC2. The van der Waals surface area contributed by atoms with Gasteiger partial charge in [0.15, 0.2) is 10.8 Å². The van der Waals surface area contributed by atoms with Gasteiger partial charge in [0.25, 0.3) is 0 Å². The predicted molar refractivity (Wildman–Crippen MR) is 95.3 cm³/mol. The van der Waals surface area contributed by atoms with E-state index in [1.165, 1.54) is 0 Å². The second-order valence-corrected chi connectivity index (χ2v) is 5.86. The van der Waals surface area contributed by atoms with E-state index in [0.717, 1.165) is 29.9 Å². The molecule has 0 unspecified atom stereocenters. The van der Waals surface area contributed by atoms with Crippen molar-refractivity contribution in [2.24, 2.45) is 0 Å². The van der Waals surface area contributed by atoms with Crippen molar-refractivity contribution in [2.75, 3.05) is 20.2 Å². The molecule has 0 saturated carbocycles. The molecule has 0 atom stereocenters. The van der Waals surface area contributed by atoms with Gasteiger partial charge in [-0.3, -0.25) is 0 Å². The number of aromatic nitrogens is 2. The molecule has 1 aromatic heterocycles. The highest BCUT2D eigenvalue weighted by atomic mass is 32.1. The quantitative estimate of drug-likeness (QED) is 0.678. The van der Waals surface area contributed by atoms with Gasteiger partial charge in [-0.05, 0) is 31.3 Å². The van der Waals surface area contributed by atoms with Gasteiger partial charge in [0.05, 0.1) is 18.0 Å². The molecule has 0 fully saturated rings. The zero-order valence-corrected chi connectivity index (χ0v) is 14.6. The van der Waals surface area contributed by atoms with E-state index in [-0.39, 0.29) is 5.97 Å². The van der Waals surface area contributed by atoms with E-state index in [0.29, 0.717) is 24.0 Å². The lowest BCUT2D eigenvalue weighted by atomic mass is 10.1. The molecular formula is C17H20N4O2S. The highest BCUT2D eigenvalue weighted by molar-refractivity contribution is 7.80. The summed E-state index contributed by atoms with van der Waals surface area (Å²) < 4.78 is 7.03. The van der Waals surface area contributed by atoms with E-state index in [2.05, 4.69) is 10.4 Å². The number of hydrogen-bond donors (Lipinski definition) is 1. The van der Waals surface area contributed by atoms with E-state index < -0.39 is 0 Å². The van der Waals surface area contributed by atoms with Gasteiger partial charge >= 0.3 is 5.97 Å². The number of fused-ring (bicyclic) bond motifs is 1. The molecule has 3 rings (SSSR count). The Balaban J connectivity index is 2.05. The highest BCUT2D eigenvalue weighted by Crippen LogP contribution is 2.26.